The third-order valence-electron chi connectivity index (χ3n) is 3.95. The predicted octanol–water partition coefficient (Wildman–Crippen LogP) is 3.30. The van der Waals surface area contributed by atoms with Gasteiger partial charge in [-0.15, -0.1) is 0 Å². The number of hydrazone groups is 1. The number of para-hydroxylation sites is 1. The van der Waals surface area contributed by atoms with Crippen LogP contribution in [-0.2, 0) is 11.2 Å². The number of aryl methyl sites for hydroxylation is 1. The molecule has 2 aliphatic rings. The van der Waals surface area contributed by atoms with Gasteiger partial charge in [-0.3, -0.25) is 10.2 Å². The van der Waals surface area contributed by atoms with E-state index in [1.54, 1.807) is 11.8 Å². The summed E-state index contributed by atoms with van der Waals surface area (Å²) in [6.45, 7) is 0. The average molecular weight is 336 g/mol. The van der Waals surface area contributed by atoms with E-state index in [0.29, 0.717) is 6.42 Å². The van der Waals surface area contributed by atoms with Crippen LogP contribution in [0.25, 0.3) is 0 Å². The molecule has 2 heterocycles. The lowest BCUT2D eigenvalue weighted by atomic mass is 9.99. The van der Waals surface area contributed by atoms with E-state index in [2.05, 4.69) is 26.9 Å². The average Bonchev–Trinajstić information content (AvgIpc) is 2.63. The molecule has 0 fully saturated rings. The fraction of sp³-hybridized carbons (Fsp3) is 0.167. The van der Waals surface area contributed by atoms with Crippen molar-refractivity contribution in [1.29, 1.82) is 0 Å². The summed E-state index contributed by atoms with van der Waals surface area (Å²) in [6, 6.07) is 15.9. The van der Waals surface area contributed by atoms with Gasteiger partial charge in [-0.2, -0.15) is 5.10 Å². The summed E-state index contributed by atoms with van der Waals surface area (Å²) in [6.07, 6.45) is 1.33. The molecule has 0 aliphatic carbocycles. The number of nitrogens with one attached hydrogen (secondary N) is 2. The van der Waals surface area contributed by atoms with E-state index >= 15 is 0 Å². The summed E-state index contributed by atoms with van der Waals surface area (Å²) in [5.41, 5.74) is 8.11. The summed E-state index contributed by atoms with van der Waals surface area (Å²) in [4.78, 5) is 16.0. The number of carbonyl (C=O) groups excluding carboxylic acids is 1. The largest absolute Gasteiger partial charge is 0.326 e. The van der Waals surface area contributed by atoms with Crippen molar-refractivity contribution in [3.63, 3.8) is 0 Å². The molecule has 0 saturated heterocycles. The number of hydrogen-bond acceptors (Lipinski definition) is 4. The molecule has 2 aromatic carbocycles. The Kier molecular flexibility index (Phi) is 4.04. The number of benzene rings is 2. The molecular weight excluding hydrogens is 320 g/mol. The fourth-order valence-corrected chi connectivity index (χ4v) is 3.49. The minimum atomic E-state index is 0.0873. The van der Waals surface area contributed by atoms with Gasteiger partial charge >= 0.3 is 0 Å². The Morgan fingerprint density at radius 2 is 1.96 bits per heavy atom. The normalized spacial score (nSPS) is 18.4. The quantitative estimate of drug-likeness (QED) is 0.884. The maximum atomic E-state index is 11.4. The number of anilines is 1. The van der Waals surface area contributed by atoms with E-state index in [1.807, 2.05) is 42.5 Å². The van der Waals surface area contributed by atoms with Crippen molar-refractivity contribution in [1.82, 2.24) is 5.43 Å². The van der Waals surface area contributed by atoms with Crippen molar-refractivity contribution in [2.45, 2.75) is 12.8 Å². The predicted molar refractivity (Wildman–Crippen MR) is 99.1 cm³/mol. The van der Waals surface area contributed by atoms with Gasteiger partial charge in [0.25, 0.3) is 0 Å². The molecule has 6 heteroatoms. The van der Waals surface area contributed by atoms with Crippen LogP contribution in [0.3, 0.4) is 0 Å². The lowest BCUT2D eigenvalue weighted by molar-refractivity contribution is -0.116. The van der Waals surface area contributed by atoms with Crippen molar-refractivity contribution in [3.05, 3.63) is 59.7 Å². The maximum Gasteiger partial charge on any atom is 0.224 e. The Morgan fingerprint density at radius 1 is 1.08 bits per heavy atom. The minimum absolute atomic E-state index is 0.0873. The highest BCUT2D eigenvalue weighted by molar-refractivity contribution is 8.14. The Hall–Kier alpha value is -2.60. The molecule has 2 N–H and O–H groups in total. The number of nitrogens with zero attached hydrogens (tertiary/aromatic N) is 2. The lowest BCUT2D eigenvalue weighted by Gasteiger charge is -2.19. The molecule has 0 unspecified atom stereocenters. The van der Waals surface area contributed by atoms with Crippen molar-refractivity contribution in [3.8, 4) is 0 Å². The summed E-state index contributed by atoms with van der Waals surface area (Å²) in [5.74, 6) is 0.855. The van der Waals surface area contributed by atoms with Crippen LogP contribution < -0.4 is 10.7 Å². The van der Waals surface area contributed by atoms with Gasteiger partial charge < -0.3 is 5.32 Å². The van der Waals surface area contributed by atoms with Crippen LogP contribution in [0.1, 0.15) is 17.5 Å². The van der Waals surface area contributed by atoms with Gasteiger partial charge in [0.05, 0.1) is 11.4 Å². The lowest BCUT2D eigenvalue weighted by Crippen LogP contribution is -2.25. The van der Waals surface area contributed by atoms with Crippen molar-refractivity contribution in [2.75, 3.05) is 11.1 Å². The molecule has 2 aliphatic heterocycles. The number of hydrogen-bond donors (Lipinski definition) is 2. The molecule has 5 nitrogen and oxygen atoms in total. The van der Waals surface area contributed by atoms with Gasteiger partial charge in [0.2, 0.25) is 5.91 Å². The summed E-state index contributed by atoms with van der Waals surface area (Å²) in [7, 11) is 0. The van der Waals surface area contributed by atoms with Crippen LogP contribution in [0.2, 0.25) is 0 Å². The second-order valence-corrected chi connectivity index (χ2v) is 6.60. The van der Waals surface area contributed by atoms with E-state index in [1.165, 1.54) is 5.56 Å². The first-order valence-electron chi connectivity index (χ1n) is 7.80. The summed E-state index contributed by atoms with van der Waals surface area (Å²) >= 11 is 1.64. The van der Waals surface area contributed by atoms with Gasteiger partial charge in [-0.05, 0) is 41.8 Å². The van der Waals surface area contributed by atoms with Crippen LogP contribution in [-0.4, -0.2) is 22.5 Å². The topological polar surface area (TPSA) is 65.8 Å². The zero-order valence-corrected chi connectivity index (χ0v) is 13.8. The Morgan fingerprint density at radius 3 is 2.75 bits per heavy atom. The molecule has 4 rings (SSSR count). The summed E-state index contributed by atoms with van der Waals surface area (Å²) in [5, 5.41) is 8.18. The smallest absolute Gasteiger partial charge is 0.224 e. The zero-order valence-electron chi connectivity index (χ0n) is 13.0. The third-order valence-corrected chi connectivity index (χ3v) is 4.83. The SMILES string of the molecule is O=C1CCc2cc(C3=NNC(=Nc4ccccc4)SC3)ccc2N1. The first kappa shape index (κ1) is 15.0. The number of aliphatic imine (C=N–C) groups is 1. The molecule has 0 bridgehead atoms. The van der Waals surface area contributed by atoms with E-state index in [-0.39, 0.29) is 5.91 Å². The van der Waals surface area contributed by atoms with Gasteiger partial charge in [0.1, 0.15) is 0 Å². The Bertz CT molecular complexity index is 845. The maximum absolute atomic E-state index is 11.4. The van der Waals surface area contributed by atoms with Crippen molar-refractivity contribution in [2.24, 2.45) is 10.1 Å². The van der Waals surface area contributed by atoms with E-state index in [4.69, 9.17) is 0 Å². The van der Waals surface area contributed by atoms with Crippen molar-refractivity contribution < 1.29 is 4.79 Å². The van der Waals surface area contributed by atoms with Gasteiger partial charge in [0, 0.05) is 17.9 Å². The first-order chi connectivity index (χ1) is 11.8. The molecule has 1 amide bonds. The number of fused-ring (bicyclic) bond motifs is 1. The number of carbonyl (C=O) groups is 1. The van der Waals surface area contributed by atoms with Gasteiger partial charge in [0.15, 0.2) is 5.17 Å². The highest BCUT2D eigenvalue weighted by Gasteiger charge is 2.18. The minimum Gasteiger partial charge on any atom is -0.326 e. The fourth-order valence-electron chi connectivity index (χ4n) is 2.70. The Labute approximate surface area is 144 Å². The number of amidine groups is 1. The van der Waals surface area contributed by atoms with E-state index in [9.17, 15) is 4.79 Å². The zero-order chi connectivity index (χ0) is 16.4. The number of amides is 1. The number of thioether (sulfide) groups is 1. The third kappa shape index (κ3) is 3.19. The van der Waals surface area contributed by atoms with Gasteiger partial charge in [-0.25, -0.2) is 4.99 Å². The molecule has 0 spiro atoms. The molecule has 120 valence electrons. The van der Waals surface area contributed by atoms with Crippen LogP contribution in [0.4, 0.5) is 11.4 Å². The molecule has 0 radical (unpaired) electrons. The molecular formula is C18H16N4OS. The second-order valence-electron chi connectivity index (χ2n) is 5.63. The molecule has 0 atom stereocenters. The highest BCUT2D eigenvalue weighted by atomic mass is 32.2. The Balaban J connectivity index is 1.52. The molecule has 24 heavy (non-hydrogen) atoms. The summed E-state index contributed by atoms with van der Waals surface area (Å²) < 4.78 is 0. The standard InChI is InChI=1S/C18H16N4OS/c23-17-9-7-12-10-13(6-8-15(12)20-17)16-11-24-18(22-21-16)19-14-4-2-1-3-5-14/h1-6,8,10H,7,9,11H2,(H,19,22)(H,20,23). The highest BCUT2D eigenvalue weighted by Crippen LogP contribution is 2.25. The molecule has 0 aromatic heterocycles. The monoisotopic (exact) mass is 336 g/mol. The molecule has 2 aromatic rings. The van der Waals surface area contributed by atoms with Crippen LogP contribution in [0.5, 0.6) is 0 Å². The van der Waals surface area contributed by atoms with Crippen LogP contribution in [0, 0.1) is 0 Å². The van der Waals surface area contributed by atoms with E-state index in [0.717, 1.165) is 40.0 Å². The van der Waals surface area contributed by atoms with Crippen LogP contribution in [0.15, 0.2) is 58.6 Å². The van der Waals surface area contributed by atoms with Crippen molar-refractivity contribution >= 4 is 39.9 Å². The second kappa shape index (κ2) is 6.49. The first-order valence-corrected chi connectivity index (χ1v) is 8.79. The van der Waals surface area contributed by atoms with E-state index < -0.39 is 0 Å². The van der Waals surface area contributed by atoms with Gasteiger partial charge in [-0.1, -0.05) is 36.0 Å². The molecule has 0 saturated carbocycles. The number of rotatable bonds is 2. The van der Waals surface area contributed by atoms with Crippen LogP contribution >= 0.6 is 11.8 Å².